The second-order valence-corrected chi connectivity index (χ2v) is 4.83. The van der Waals surface area contributed by atoms with Gasteiger partial charge in [-0.25, -0.2) is 0 Å². The molecule has 2 fully saturated rings. The van der Waals surface area contributed by atoms with Gasteiger partial charge >= 0.3 is 5.97 Å². The van der Waals surface area contributed by atoms with E-state index >= 15 is 0 Å². The summed E-state index contributed by atoms with van der Waals surface area (Å²) < 4.78 is 16.1. The highest BCUT2D eigenvalue weighted by Crippen LogP contribution is 2.26. The molecule has 0 spiro atoms. The molecule has 3 rings (SSSR count). The number of ether oxygens (including phenoxy) is 3. The Labute approximate surface area is 112 Å². The largest absolute Gasteiger partial charge is 0.462 e. The van der Waals surface area contributed by atoms with Crippen LogP contribution in [0.1, 0.15) is 5.56 Å². The molecule has 1 unspecified atom stereocenters. The predicted octanol–water partition coefficient (Wildman–Crippen LogP) is 0.785. The molecule has 0 saturated carbocycles. The Morgan fingerprint density at radius 3 is 2.89 bits per heavy atom. The predicted molar refractivity (Wildman–Crippen MR) is 67.3 cm³/mol. The number of rotatable bonds is 3. The average molecular weight is 263 g/mol. The highest BCUT2D eigenvalue weighted by Gasteiger charge is 2.47. The van der Waals surface area contributed by atoms with E-state index in [0.29, 0.717) is 19.7 Å². The zero-order chi connectivity index (χ0) is 13.2. The zero-order valence-corrected chi connectivity index (χ0v) is 10.8. The third-order valence-electron chi connectivity index (χ3n) is 3.58. The maximum absolute atomic E-state index is 11.8. The van der Waals surface area contributed by atoms with Gasteiger partial charge in [-0.15, -0.1) is 0 Å². The molecule has 102 valence electrons. The van der Waals surface area contributed by atoms with Gasteiger partial charge in [-0.2, -0.15) is 0 Å². The van der Waals surface area contributed by atoms with Crippen molar-refractivity contribution in [3.8, 4) is 0 Å². The van der Waals surface area contributed by atoms with Crippen molar-refractivity contribution in [2.75, 3.05) is 20.3 Å². The molecule has 2 aliphatic rings. The third kappa shape index (κ3) is 2.49. The van der Waals surface area contributed by atoms with Crippen molar-refractivity contribution in [2.24, 2.45) is 0 Å². The van der Waals surface area contributed by atoms with Crippen LogP contribution in [0.5, 0.6) is 0 Å². The van der Waals surface area contributed by atoms with Crippen LogP contribution in [0.2, 0.25) is 0 Å². The Morgan fingerprint density at radius 1 is 1.37 bits per heavy atom. The van der Waals surface area contributed by atoms with E-state index in [1.165, 1.54) is 0 Å². The van der Waals surface area contributed by atoms with Crippen LogP contribution in [0.4, 0.5) is 0 Å². The van der Waals surface area contributed by atoms with Crippen LogP contribution in [-0.2, 0) is 25.5 Å². The quantitative estimate of drug-likeness (QED) is 0.754. The van der Waals surface area contributed by atoms with E-state index in [0.717, 1.165) is 5.56 Å². The average Bonchev–Trinajstić information content (AvgIpc) is 2.81. The molecule has 2 heterocycles. The smallest absolute Gasteiger partial charge is 0.326 e. The molecule has 1 aromatic rings. The number of carbonyl (C=O) groups excluding carboxylic acids is 1. The van der Waals surface area contributed by atoms with E-state index in [1.54, 1.807) is 7.11 Å². The fourth-order valence-electron chi connectivity index (χ4n) is 2.64. The maximum atomic E-state index is 11.8. The summed E-state index contributed by atoms with van der Waals surface area (Å²) in [5.74, 6) is -0.199. The lowest BCUT2D eigenvalue weighted by Gasteiger charge is -2.38. The molecule has 0 amide bonds. The molecular formula is C14H17NO4. The maximum Gasteiger partial charge on any atom is 0.326 e. The Bertz CT molecular complexity index is 450. The summed E-state index contributed by atoms with van der Waals surface area (Å²) in [5, 5.41) is 0. The third-order valence-corrected chi connectivity index (χ3v) is 3.58. The Morgan fingerprint density at radius 2 is 2.16 bits per heavy atom. The molecule has 2 aliphatic heterocycles. The first-order chi connectivity index (χ1) is 9.28. The van der Waals surface area contributed by atoms with Crippen molar-refractivity contribution in [1.82, 2.24) is 4.90 Å². The normalized spacial score (nSPS) is 31.0. The lowest BCUT2D eigenvalue weighted by Crippen LogP contribution is -2.55. The van der Waals surface area contributed by atoms with Crippen molar-refractivity contribution < 1.29 is 19.0 Å². The molecule has 1 aromatic carbocycles. The molecule has 2 saturated heterocycles. The number of methoxy groups -OCH3 is 1. The van der Waals surface area contributed by atoms with E-state index in [-0.39, 0.29) is 24.4 Å². The first kappa shape index (κ1) is 12.6. The minimum absolute atomic E-state index is 0.199. The van der Waals surface area contributed by atoms with Gasteiger partial charge in [-0.05, 0) is 5.56 Å². The summed E-state index contributed by atoms with van der Waals surface area (Å²) in [7, 11) is 1.61. The van der Waals surface area contributed by atoms with E-state index < -0.39 is 0 Å². The number of carbonyl (C=O) groups is 1. The van der Waals surface area contributed by atoms with Crippen molar-refractivity contribution in [1.29, 1.82) is 0 Å². The van der Waals surface area contributed by atoms with Crippen LogP contribution in [-0.4, -0.2) is 49.6 Å². The van der Waals surface area contributed by atoms with E-state index in [4.69, 9.17) is 14.2 Å². The molecule has 19 heavy (non-hydrogen) atoms. The Balaban J connectivity index is 1.78. The van der Waals surface area contributed by atoms with Gasteiger partial charge < -0.3 is 14.2 Å². The molecule has 3 atom stereocenters. The molecule has 0 aliphatic carbocycles. The number of fused-ring (bicyclic) bond motifs is 1. The summed E-state index contributed by atoms with van der Waals surface area (Å²) >= 11 is 0. The summed E-state index contributed by atoms with van der Waals surface area (Å²) in [6.45, 7) is 1.58. The molecule has 0 bridgehead atoms. The van der Waals surface area contributed by atoms with Crippen LogP contribution < -0.4 is 0 Å². The minimum atomic E-state index is -0.313. The first-order valence-electron chi connectivity index (χ1n) is 6.41. The summed E-state index contributed by atoms with van der Waals surface area (Å²) in [6, 6.07) is 9.75. The van der Waals surface area contributed by atoms with Gasteiger partial charge in [0.1, 0.15) is 18.8 Å². The molecule has 5 heteroatoms. The number of benzene rings is 1. The fourth-order valence-corrected chi connectivity index (χ4v) is 2.64. The zero-order valence-electron chi connectivity index (χ0n) is 10.8. The van der Waals surface area contributed by atoms with Crippen molar-refractivity contribution in [3.63, 3.8) is 0 Å². The van der Waals surface area contributed by atoms with Gasteiger partial charge in [0.25, 0.3) is 0 Å². The highest BCUT2D eigenvalue weighted by atomic mass is 16.7. The topological polar surface area (TPSA) is 48.0 Å². The van der Waals surface area contributed by atoms with Gasteiger partial charge in [-0.1, -0.05) is 30.3 Å². The lowest BCUT2D eigenvalue weighted by atomic mass is 10.1. The van der Waals surface area contributed by atoms with Crippen molar-refractivity contribution in [2.45, 2.75) is 25.0 Å². The number of nitrogens with zero attached hydrogens (tertiary/aromatic N) is 1. The van der Waals surface area contributed by atoms with Crippen LogP contribution in [0.3, 0.4) is 0 Å². The second-order valence-electron chi connectivity index (χ2n) is 4.83. The van der Waals surface area contributed by atoms with E-state index in [1.807, 2.05) is 30.3 Å². The number of hydrogen-bond donors (Lipinski definition) is 0. The minimum Gasteiger partial charge on any atom is -0.462 e. The van der Waals surface area contributed by atoms with Gasteiger partial charge in [0.15, 0.2) is 6.29 Å². The highest BCUT2D eigenvalue weighted by molar-refractivity contribution is 5.78. The van der Waals surface area contributed by atoms with Gasteiger partial charge in [0.2, 0.25) is 0 Å². The Kier molecular flexibility index (Phi) is 3.50. The van der Waals surface area contributed by atoms with Gasteiger partial charge in [0.05, 0.1) is 6.54 Å². The monoisotopic (exact) mass is 263 g/mol. The van der Waals surface area contributed by atoms with Crippen LogP contribution >= 0.6 is 0 Å². The van der Waals surface area contributed by atoms with Gasteiger partial charge in [0, 0.05) is 13.7 Å². The molecular weight excluding hydrogens is 246 g/mol. The molecule has 5 nitrogen and oxygen atoms in total. The lowest BCUT2D eigenvalue weighted by molar-refractivity contribution is -0.208. The van der Waals surface area contributed by atoms with Crippen LogP contribution in [0, 0.1) is 0 Å². The number of esters is 1. The van der Waals surface area contributed by atoms with Crippen LogP contribution in [0.25, 0.3) is 0 Å². The van der Waals surface area contributed by atoms with Gasteiger partial charge in [-0.3, -0.25) is 9.69 Å². The van der Waals surface area contributed by atoms with E-state index in [9.17, 15) is 4.79 Å². The molecule has 0 N–H and O–H groups in total. The second kappa shape index (κ2) is 5.28. The first-order valence-corrected chi connectivity index (χ1v) is 6.41. The van der Waals surface area contributed by atoms with Crippen LogP contribution in [0.15, 0.2) is 30.3 Å². The van der Waals surface area contributed by atoms with E-state index in [2.05, 4.69) is 4.90 Å². The molecule has 0 radical (unpaired) electrons. The SMILES string of the molecule is CO[C@@H]1CN(Cc2ccccc2)[C@H]2C(=O)OCC2O1. The summed E-state index contributed by atoms with van der Waals surface area (Å²) in [6.07, 6.45) is -0.533. The number of morpholine rings is 1. The van der Waals surface area contributed by atoms with Crippen molar-refractivity contribution >= 4 is 5.97 Å². The Hall–Kier alpha value is -1.43. The number of hydrogen-bond acceptors (Lipinski definition) is 5. The fraction of sp³-hybridized carbons (Fsp3) is 0.500. The molecule has 0 aromatic heterocycles. The standard InChI is InChI=1S/C14H17NO4/c1-17-12-8-15(7-10-5-3-2-4-6-10)13-11(19-12)9-18-14(13)16/h2-6,11-13H,7-9H2,1H3/t11?,12-,13+/m0/s1. The summed E-state index contributed by atoms with van der Waals surface area (Å²) in [5.41, 5.74) is 1.16. The summed E-state index contributed by atoms with van der Waals surface area (Å²) in [4.78, 5) is 13.9. The van der Waals surface area contributed by atoms with Crippen molar-refractivity contribution in [3.05, 3.63) is 35.9 Å². The number of cyclic esters (lactones) is 1.